The van der Waals surface area contributed by atoms with Gasteiger partial charge in [-0.2, -0.15) is 0 Å². The van der Waals surface area contributed by atoms with Crippen molar-refractivity contribution in [3.8, 4) is 0 Å². The SMILES string of the molecule is ClCc1nc2ccc(Br)cc2n1Cc1cccc(Br)c1. The number of halogens is 3. The average molecular weight is 415 g/mol. The summed E-state index contributed by atoms with van der Waals surface area (Å²) in [5, 5.41) is 0. The van der Waals surface area contributed by atoms with Crippen LogP contribution in [0.3, 0.4) is 0 Å². The maximum Gasteiger partial charge on any atom is 0.125 e. The topological polar surface area (TPSA) is 17.8 Å². The lowest BCUT2D eigenvalue weighted by molar-refractivity contribution is 0.778. The van der Waals surface area contributed by atoms with Gasteiger partial charge in [0.05, 0.1) is 16.9 Å². The Balaban J connectivity index is 2.11. The molecule has 0 aliphatic heterocycles. The molecule has 20 heavy (non-hydrogen) atoms. The third kappa shape index (κ3) is 2.78. The number of nitrogens with zero attached hydrogens (tertiary/aromatic N) is 2. The van der Waals surface area contributed by atoms with Crippen LogP contribution in [0.2, 0.25) is 0 Å². The Morgan fingerprint density at radius 3 is 2.60 bits per heavy atom. The molecule has 5 heteroatoms. The van der Waals surface area contributed by atoms with Crippen molar-refractivity contribution in [3.05, 3.63) is 62.8 Å². The van der Waals surface area contributed by atoms with Crippen LogP contribution in [0.25, 0.3) is 11.0 Å². The monoisotopic (exact) mass is 412 g/mol. The quantitative estimate of drug-likeness (QED) is 0.529. The molecule has 0 saturated carbocycles. The molecule has 0 saturated heterocycles. The molecule has 0 unspecified atom stereocenters. The highest BCUT2D eigenvalue weighted by Gasteiger charge is 2.10. The van der Waals surface area contributed by atoms with Gasteiger partial charge in [-0.15, -0.1) is 11.6 Å². The van der Waals surface area contributed by atoms with Crippen LogP contribution in [0.4, 0.5) is 0 Å². The van der Waals surface area contributed by atoms with Crippen LogP contribution in [0, 0.1) is 0 Å². The first kappa shape index (κ1) is 14.1. The first-order valence-electron chi connectivity index (χ1n) is 6.12. The van der Waals surface area contributed by atoms with Crippen molar-refractivity contribution in [2.75, 3.05) is 0 Å². The molecule has 1 aromatic heterocycles. The number of benzene rings is 2. The van der Waals surface area contributed by atoms with E-state index in [0.29, 0.717) is 5.88 Å². The largest absolute Gasteiger partial charge is 0.322 e. The van der Waals surface area contributed by atoms with E-state index in [-0.39, 0.29) is 0 Å². The van der Waals surface area contributed by atoms with Gasteiger partial charge in [0.1, 0.15) is 5.82 Å². The molecule has 0 aliphatic rings. The summed E-state index contributed by atoms with van der Waals surface area (Å²) >= 11 is 13.1. The molecular weight excluding hydrogens is 403 g/mol. The summed E-state index contributed by atoms with van der Waals surface area (Å²) in [5.41, 5.74) is 3.28. The fraction of sp³-hybridized carbons (Fsp3) is 0.133. The van der Waals surface area contributed by atoms with Gasteiger partial charge in [0.15, 0.2) is 0 Å². The van der Waals surface area contributed by atoms with Gasteiger partial charge >= 0.3 is 0 Å². The Hall–Kier alpha value is -0.840. The molecule has 0 radical (unpaired) electrons. The lowest BCUT2D eigenvalue weighted by Gasteiger charge is -2.08. The highest BCUT2D eigenvalue weighted by atomic mass is 79.9. The van der Waals surface area contributed by atoms with E-state index in [0.717, 1.165) is 32.3 Å². The van der Waals surface area contributed by atoms with Gasteiger partial charge in [0.2, 0.25) is 0 Å². The molecule has 102 valence electrons. The molecule has 0 bridgehead atoms. The van der Waals surface area contributed by atoms with E-state index in [1.54, 1.807) is 0 Å². The normalized spacial score (nSPS) is 11.2. The molecule has 1 heterocycles. The fourth-order valence-electron chi connectivity index (χ4n) is 2.24. The van der Waals surface area contributed by atoms with Crippen LogP contribution in [-0.2, 0) is 12.4 Å². The number of rotatable bonds is 3. The number of aromatic nitrogens is 2. The average Bonchev–Trinajstić information content (AvgIpc) is 2.76. The zero-order valence-corrected chi connectivity index (χ0v) is 14.4. The molecule has 0 atom stereocenters. The maximum absolute atomic E-state index is 6.04. The number of fused-ring (bicyclic) bond motifs is 1. The minimum Gasteiger partial charge on any atom is -0.322 e. The summed E-state index contributed by atoms with van der Waals surface area (Å²) in [6.45, 7) is 0.758. The Bertz CT molecular complexity index is 768. The number of imidazole rings is 1. The lowest BCUT2D eigenvalue weighted by atomic mass is 10.2. The van der Waals surface area contributed by atoms with Crippen molar-refractivity contribution in [2.45, 2.75) is 12.4 Å². The van der Waals surface area contributed by atoms with Crippen LogP contribution in [-0.4, -0.2) is 9.55 Å². The van der Waals surface area contributed by atoms with E-state index in [2.05, 4.69) is 59.6 Å². The first-order chi connectivity index (χ1) is 9.67. The molecule has 3 rings (SSSR count). The Kier molecular flexibility index (Phi) is 4.15. The van der Waals surface area contributed by atoms with Gasteiger partial charge in [-0.25, -0.2) is 4.98 Å². The van der Waals surface area contributed by atoms with Crippen molar-refractivity contribution in [1.82, 2.24) is 9.55 Å². The van der Waals surface area contributed by atoms with Gasteiger partial charge in [-0.3, -0.25) is 0 Å². The van der Waals surface area contributed by atoms with Crippen LogP contribution < -0.4 is 0 Å². The van der Waals surface area contributed by atoms with Gasteiger partial charge in [-0.05, 0) is 35.9 Å². The third-order valence-electron chi connectivity index (χ3n) is 3.14. The highest BCUT2D eigenvalue weighted by molar-refractivity contribution is 9.10. The van der Waals surface area contributed by atoms with E-state index >= 15 is 0 Å². The van der Waals surface area contributed by atoms with Gasteiger partial charge < -0.3 is 4.57 Å². The van der Waals surface area contributed by atoms with Crippen LogP contribution >= 0.6 is 43.5 Å². The summed E-state index contributed by atoms with van der Waals surface area (Å²) in [5.74, 6) is 1.29. The molecule has 0 N–H and O–H groups in total. The minimum atomic E-state index is 0.403. The predicted octanol–water partition coefficient (Wildman–Crippen LogP) is 5.35. The van der Waals surface area contributed by atoms with Crippen LogP contribution in [0.1, 0.15) is 11.4 Å². The second kappa shape index (κ2) is 5.88. The van der Waals surface area contributed by atoms with Crippen molar-refractivity contribution in [1.29, 1.82) is 0 Å². The number of hydrogen-bond acceptors (Lipinski definition) is 1. The predicted molar refractivity (Wildman–Crippen MR) is 90.2 cm³/mol. The second-order valence-corrected chi connectivity index (χ2v) is 6.61. The van der Waals surface area contributed by atoms with E-state index in [1.165, 1.54) is 5.56 Å². The Morgan fingerprint density at radius 1 is 1.05 bits per heavy atom. The first-order valence-corrected chi connectivity index (χ1v) is 8.24. The smallest absolute Gasteiger partial charge is 0.125 e. The van der Waals surface area contributed by atoms with Crippen LogP contribution in [0.15, 0.2) is 51.4 Å². The molecule has 0 amide bonds. The zero-order chi connectivity index (χ0) is 14.1. The lowest BCUT2D eigenvalue weighted by Crippen LogP contribution is -2.03. The van der Waals surface area contributed by atoms with Gasteiger partial charge in [-0.1, -0.05) is 44.0 Å². The van der Waals surface area contributed by atoms with Crippen LogP contribution in [0.5, 0.6) is 0 Å². The van der Waals surface area contributed by atoms with Crippen molar-refractivity contribution < 1.29 is 0 Å². The molecule has 0 spiro atoms. The Morgan fingerprint density at radius 2 is 1.85 bits per heavy atom. The second-order valence-electron chi connectivity index (χ2n) is 4.51. The molecule has 0 aliphatic carbocycles. The fourth-order valence-corrected chi connectivity index (χ4v) is 3.24. The molecular formula is C15H11Br2ClN2. The molecule has 2 aromatic carbocycles. The standard InChI is InChI=1S/C15H11Br2ClN2/c16-11-3-1-2-10(6-11)9-20-14-7-12(17)4-5-13(14)19-15(20)8-18/h1-7H,8-9H2. The summed E-state index contributed by atoms with van der Waals surface area (Å²) in [4.78, 5) is 4.59. The van der Waals surface area contributed by atoms with Crippen molar-refractivity contribution >= 4 is 54.5 Å². The molecule has 3 aromatic rings. The summed E-state index contributed by atoms with van der Waals surface area (Å²) in [6, 6.07) is 14.4. The summed E-state index contributed by atoms with van der Waals surface area (Å²) < 4.78 is 4.28. The third-order valence-corrected chi connectivity index (χ3v) is 4.36. The Labute approximate surface area is 139 Å². The molecule has 2 nitrogen and oxygen atoms in total. The number of alkyl halides is 1. The van der Waals surface area contributed by atoms with Crippen molar-refractivity contribution in [3.63, 3.8) is 0 Å². The summed E-state index contributed by atoms with van der Waals surface area (Å²) in [7, 11) is 0. The minimum absolute atomic E-state index is 0.403. The van der Waals surface area contributed by atoms with E-state index in [1.807, 2.05) is 24.3 Å². The highest BCUT2D eigenvalue weighted by Crippen LogP contribution is 2.23. The van der Waals surface area contributed by atoms with E-state index in [9.17, 15) is 0 Å². The van der Waals surface area contributed by atoms with Crippen molar-refractivity contribution in [2.24, 2.45) is 0 Å². The zero-order valence-electron chi connectivity index (χ0n) is 10.5. The summed E-state index contributed by atoms with van der Waals surface area (Å²) in [6.07, 6.45) is 0. The van der Waals surface area contributed by atoms with Gasteiger partial charge in [0, 0.05) is 15.5 Å². The van der Waals surface area contributed by atoms with E-state index < -0.39 is 0 Å². The van der Waals surface area contributed by atoms with E-state index in [4.69, 9.17) is 11.6 Å². The van der Waals surface area contributed by atoms with Gasteiger partial charge in [0.25, 0.3) is 0 Å². The maximum atomic E-state index is 6.04. The molecule has 0 fully saturated rings. The number of hydrogen-bond donors (Lipinski definition) is 0.